The Balaban J connectivity index is 2.95. The molecule has 0 saturated heterocycles. The first-order valence-electron chi connectivity index (χ1n) is 3.66. The summed E-state index contributed by atoms with van der Waals surface area (Å²) in [4.78, 5) is 0. The van der Waals surface area contributed by atoms with Gasteiger partial charge in [0.05, 0.1) is 0 Å². The molecule has 0 aromatic heterocycles. The van der Waals surface area contributed by atoms with Crippen LogP contribution in [0.3, 0.4) is 0 Å². The van der Waals surface area contributed by atoms with E-state index in [4.69, 9.17) is 14.4 Å². The van der Waals surface area contributed by atoms with Crippen LogP contribution in [0.4, 0.5) is 0 Å². The average Bonchev–Trinajstić information content (AvgIpc) is 2.05. The van der Waals surface area contributed by atoms with Gasteiger partial charge in [0.15, 0.2) is 0 Å². The molecule has 0 unspecified atom stereocenters. The zero-order valence-corrected chi connectivity index (χ0v) is 12.1. The van der Waals surface area contributed by atoms with Gasteiger partial charge in [-0.15, -0.1) is 0 Å². The first-order chi connectivity index (χ1) is 5.77. The van der Waals surface area contributed by atoms with Crippen molar-refractivity contribution in [3.05, 3.63) is 28.2 Å². The van der Waals surface area contributed by atoms with Gasteiger partial charge < -0.3 is 0 Å². The molecule has 1 aromatic rings. The van der Waals surface area contributed by atoms with Crippen molar-refractivity contribution in [3.8, 4) is 5.75 Å². The van der Waals surface area contributed by atoms with Crippen molar-refractivity contribution >= 4 is 25.6 Å². The molecule has 0 saturated carbocycles. The molecule has 0 aliphatic heterocycles. The number of methoxy groups -OCH3 is 1. The van der Waals surface area contributed by atoms with Gasteiger partial charge in [0.1, 0.15) is 0 Å². The van der Waals surface area contributed by atoms with E-state index in [1.807, 2.05) is 12.1 Å². The van der Waals surface area contributed by atoms with Crippen LogP contribution in [0.25, 0.3) is 0 Å². The van der Waals surface area contributed by atoms with Crippen LogP contribution in [-0.2, 0) is 21.2 Å². The van der Waals surface area contributed by atoms with Gasteiger partial charge in [-0.25, -0.2) is 0 Å². The Morgan fingerprint density at radius 3 is 2.92 bits per heavy atom. The topological polar surface area (TPSA) is 9.23 Å². The zero-order valence-electron chi connectivity index (χ0n) is 6.81. The summed E-state index contributed by atoms with van der Waals surface area (Å²) in [6.07, 6.45) is 0. The summed E-state index contributed by atoms with van der Waals surface area (Å²) in [5.74, 6) is 0.949. The second-order valence-corrected chi connectivity index (χ2v) is 7.12. The SMILES string of the molecule is COc1ccc(Br)cc1[CH2][Zn][Cl]. The molecule has 0 fully saturated rings. The third-order valence-corrected chi connectivity index (χ3v) is 4.61. The van der Waals surface area contributed by atoms with Crippen LogP contribution in [0.2, 0.25) is 0 Å². The Kier molecular flexibility index (Phi) is 4.56. The van der Waals surface area contributed by atoms with Crippen LogP contribution < -0.4 is 4.74 Å². The fourth-order valence-corrected chi connectivity index (χ4v) is 3.76. The number of benzene rings is 1. The fraction of sp³-hybridized carbons (Fsp3) is 0.250. The molecule has 0 aliphatic rings. The van der Waals surface area contributed by atoms with Gasteiger partial charge >= 0.3 is 92.6 Å². The van der Waals surface area contributed by atoms with E-state index in [1.165, 1.54) is 5.56 Å². The summed E-state index contributed by atoms with van der Waals surface area (Å²) in [7, 11) is 7.52. The first kappa shape index (κ1) is 10.5. The van der Waals surface area contributed by atoms with E-state index >= 15 is 0 Å². The number of hydrogen-bond donors (Lipinski definition) is 0. The summed E-state index contributed by atoms with van der Waals surface area (Å²) < 4.78 is 6.29. The Labute approximate surface area is 92.2 Å². The van der Waals surface area contributed by atoms with Crippen LogP contribution >= 0.6 is 25.6 Å². The van der Waals surface area contributed by atoms with Crippen LogP contribution in [-0.4, -0.2) is 7.11 Å². The van der Waals surface area contributed by atoms with Gasteiger partial charge in [-0.1, -0.05) is 0 Å². The Bertz CT molecular complexity index is 267. The quantitative estimate of drug-likeness (QED) is 0.779. The maximum atomic E-state index is 5.83. The molecule has 1 nitrogen and oxygen atoms in total. The molecular formula is C8H8BrClOZn. The molecule has 1 aromatic carbocycles. The third kappa shape index (κ3) is 2.72. The van der Waals surface area contributed by atoms with Crippen molar-refractivity contribution in [3.63, 3.8) is 0 Å². The van der Waals surface area contributed by atoms with Crippen molar-refractivity contribution in [1.29, 1.82) is 0 Å². The molecule has 0 bridgehead atoms. The standard InChI is InChI=1S/C8H8BrO.ClH.Zn/c1-6-5-7(9)3-4-8(6)10-2;;/h3-5H,1H2,2H3;1H;/q;;+1/p-1. The van der Waals surface area contributed by atoms with E-state index in [1.54, 1.807) is 7.11 Å². The molecule has 0 heterocycles. The van der Waals surface area contributed by atoms with Crippen molar-refractivity contribution in [2.24, 2.45) is 0 Å². The van der Waals surface area contributed by atoms with E-state index < -0.39 is 16.1 Å². The van der Waals surface area contributed by atoms with Gasteiger partial charge in [-0.3, -0.25) is 0 Å². The number of ether oxygens (including phenoxy) is 1. The van der Waals surface area contributed by atoms with Crippen molar-refractivity contribution in [1.82, 2.24) is 0 Å². The number of rotatable bonds is 3. The average molecular weight is 301 g/mol. The van der Waals surface area contributed by atoms with Crippen molar-refractivity contribution in [2.45, 2.75) is 5.02 Å². The van der Waals surface area contributed by atoms with Crippen LogP contribution in [0.15, 0.2) is 22.7 Å². The minimum atomic E-state index is -0.837. The van der Waals surface area contributed by atoms with E-state index in [-0.39, 0.29) is 0 Å². The molecule has 0 aliphatic carbocycles. The molecule has 62 valence electrons. The number of hydrogen-bond acceptors (Lipinski definition) is 1. The second kappa shape index (κ2) is 5.21. The third-order valence-electron chi connectivity index (χ3n) is 1.61. The number of halogens is 2. The summed E-state index contributed by atoms with van der Waals surface area (Å²) in [6.45, 7) is 0. The van der Waals surface area contributed by atoms with E-state index in [0.717, 1.165) is 15.2 Å². The molecule has 0 radical (unpaired) electrons. The molecular weight excluding hydrogens is 293 g/mol. The molecule has 4 heteroatoms. The zero-order chi connectivity index (χ0) is 8.97. The molecule has 0 N–H and O–H groups in total. The molecule has 0 spiro atoms. The van der Waals surface area contributed by atoms with Crippen LogP contribution in [0.1, 0.15) is 5.56 Å². The van der Waals surface area contributed by atoms with Crippen molar-refractivity contribution in [2.75, 3.05) is 7.11 Å². The van der Waals surface area contributed by atoms with Gasteiger partial charge in [0, 0.05) is 0 Å². The van der Waals surface area contributed by atoms with Gasteiger partial charge in [0.25, 0.3) is 0 Å². The second-order valence-electron chi connectivity index (χ2n) is 2.40. The molecule has 0 atom stereocenters. The Hall–Kier alpha value is 0.413. The van der Waals surface area contributed by atoms with E-state index in [2.05, 4.69) is 22.0 Å². The summed E-state index contributed by atoms with van der Waals surface area (Å²) in [5.41, 5.74) is 1.22. The van der Waals surface area contributed by atoms with Crippen molar-refractivity contribution < 1.29 is 20.9 Å². The predicted molar refractivity (Wildman–Crippen MR) is 50.3 cm³/mol. The van der Waals surface area contributed by atoms with E-state index in [0.29, 0.717) is 0 Å². The normalized spacial score (nSPS) is 9.25. The minimum absolute atomic E-state index is 0.837. The van der Waals surface area contributed by atoms with E-state index in [9.17, 15) is 0 Å². The summed E-state index contributed by atoms with van der Waals surface area (Å²) in [6, 6.07) is 6.02. The predicted octanol–water partition coefficient (Wildman–Crippen LogP) is 3.19. The maximum absolute atomic E-state index is 5.83. The molecule has 12 heavy (non-hydrogen) atoms. The molecule has 0 amide bonds. The monoisotopic (exact) mass is 298 g/mol. The fourth-order valence-electron chi connectivity index (χ4n) is 1.04. The Morgan fingerprint density at radius 1 is 1.58 bits per heavy atom. The first-order valence-corrected chi connectivity index (χ1v) is 10.5. The van der Waals surface area contributed by atoms with Crippen LogP contribution in [0.5, 0.6) is 5.75 Å². The van der Waals surface area contributed by atoms with Gasteiger partial charge in [-0.05, 0) is 0 Å². The summed E-state index contributed by atoms with van der Waals surface area (Å²) >= 11 is 2.58. The summed E-state index contributed by atoms with van der Waals surface area (Å²) in [5, 5.41) is 1.02. The Morgan fingerprint density at radius 2 is 2.33 bits per heavy atom. The molecule has 1 rings (SSSR count). The van der Waals surface area contributed by atoms with Crippen LogP contribution in [0, 0.1) is 0 Å². The van der Waals surface area contributed by atoms with Gasteiger partial charge in [0.2, 0.25) is 0 Å². The van der Waals surface area contributed by atoms with Gasteiger partial charge in [-0.2, -0.15) is 0 Å².